The molecule has 0 aliphatic heterocycles. The van der Waals surface area contributed by atoms with Gasteiger partial charge in [-0.15, -0.1) is 0 Å². The second-order valence-electron chi connectivity index (χ2n) is 4.50. The number of amides is 1. The van der Waals surface area contributed by atoms with Gasteiger partial charge >= 0.3 is 0 Å². The molecule has 2 aromatic rings. The predicted octanol–water partition coefficient (Wildman–Crippen LogP) is 3.78. The Labute approximate surface area is 132 Å². The van der Waals surface area contributed by atoms with Gasteiger partial charge in [0, 0.05) is 4.47 Å². The molecule has 0 aromatic heterocycles. The molecule has 0 unspecified atom stereocenters. The second-order valence-corrected chi connectivity index (χ2v) is 5.41. The van der Waals surface area contributed by atoms with Gasteiger partial charge in [-0.1, -0.05) is 28.1 Å². The van der Waals surface area contributed by atoms with E-state index in [9.17, 15) is 4.79 Å². The van der Waals surface area contributed by atoms with Crippen molar-refractivity contribution in [3.05, 3.63) is 52.5 Å². The van der Waals surface area contributed by atoms with Crippen molar-refractivity contribution in [2.45, 2.75) is 6.92 Å². The van der Waals surface area contributed by atoms with Gasteiger partial charge in [-0.3, -0.25) is 4.79 Å². The van der Waals surface area contributed by atoms with E-state index in [4.69, 9.17) is 9.47 Å². The molecule has 21 heavy (non-hydrogen) atoms. The van der Waals surface area contributed by atoms with E-state index in [1.165, 1.54) is 0 Å². The smallest absolute Gasteiger partial charge is 0.262 e. The molecular weight excluding hydrogens is 334 g/mol. The van der Waals surface area contributed by atoms with Crippen molar-refractivity contribution in [2.75, 3.05) is 19.0 Å². The predicted molar refractivity (Wildman–Crippen MR) is 86.0 cm³/mol. The van der Waals surface area contributed by atoms with Crippen LogP contribution in [0.2, 0.25) is 0 Å². The molecule has 5 heteroatoms. The fourth-order valence-electron chi connectivity index (χ4n) is 1.82. The zero-order valence-electron chi connectivity index (χ0n) is 11.9. The molecule has 0 saturated heterocycles. The Balaban J connectivity index is 1.97. The largest absolute Gasteiger partial charge is 0.495 e. The van der Waals surface area contributed by atoms with Crippen molar-refractivity contribution in [3.63, 3.8) is 0 Å². The van der Waals surface area contributed by atoms with Crippen LogP contribution in [0.15, 0.2) is 46.9 Å². The number of ether oxygens (including phenoxy) is 2. The quantitative estimate of drug-likeness (QED) is 0.893. The first kappa shape index (κ1) is 15.4. The Morgan fingerprint density at radius 2 is 2.05 bits per heavy atom. The summed E-state index contributed by atoms with van der Waals surface area (Å²) in [7, 11) is 1.56. The second kappa shape index (κ2) is 7.13. The molecule has 0 heterocycles. The van der Waals surface area contributed by atoms with Gasteiger partial charge < -0.3 is 14.8 Å². The lowest BCUT2D eigenvalue weighted by Crippen LogP contribution is -2.20. The van der Waals surface area contributed by atoms with E-state index in [1.807, 2.05) is 37.3 Å². The zero-order chi connectivity index (χ0) is 15.2. The van der Waals surface area contributed by atoms with Gasteiger partial charge in [0.05, 0.1) is 12.8 Å². The van der Waals surface area contributed by atoms with Crippen LogP contribution in [0.25, 0.3) is 0 Å². The van der Waals surface area contributed by atoms with Crippen LogP contribution in [-0.4, -0.2) is 19.6 Å². The van der Waals surface area contributed by atoms with Crippen LogP contribution >= 0.6 is 15.9 Å². The Hall–Kier alpha value is -2.01. The highest BCUT2D eigenvalue weighted by Gasteiger charge is 2.09. The third kappa shape index (κ3) is 4.49. The van der Waals surface area contributed by atoms with Crippen molar-refractivity contribution in [1.82, 2.24) is 0 Å². The molecule has 0 saturated carbocycles. The number of carbonyl (C=O) groups excluding carboxylic acids is 1. The first-order chi connectivity index (χ1) is 10.1. The third-order valence-corrected chi connectivity index (χ3v) is 3.29. The molecule has 0 atom stereocenters. The molecule has 0 aliphatic rings. The third-order valence-electron chi connectivity index (χ3n) is 2.80. The van der Waals surface area contributed by atoms with E-state index in [-0.39, 0.29) is 12.5 Å². The fourth-order valence-corrected chi connectivity index (χ4v) is 2.18. The number of hydrogen-bond acceptors (Lipinski definition) is 3. The summed E-state index contributed by atoms with van der Waals surface area (Å²) in [6, 6.07) is 13.0. The first-order valence-corrected chi connectivity index (χ1v) is 7.20. The van der Waals surface area contributed by atoms with Crippen LogP contribution in [0.3, 0.4) is 0 Å². The topological polar surface area (TPSA) is 47.6 Å². The van der Waals surface area contributed by atoms with E-state index in [0.29, 0.717) is 17.2 Å². The van der Waals surface area contributed by atoms with E-state index in [1.54, 1.807) is 19.2 Å². The van der Waals surface area contributed by atoms with E-state index < -0.39 is 0 Å². The number of anilines is 1. The molecule has 2 rings (SSSR count). The summed E-state index contributed by atoms with van der Waals surface area (Å²) < 4.78 is 11.5. The lowest BCUT2D eigenvalue weighted by molar-refractivity contribution is -0.118. The number of nitrogens with one attached hydrogen (secondary N) is 1. The minimum absolute atomic E-state index is 0.0564. The maximum Gasteiger partial charge on any atom is 0.262 e. The molecular formula is C16H16BrNO3. The average Bonchev–Trinajstić information content (AvgIpc) is 2.45. The number of carbonyl (C=O) groups is 1. The normalized spacial score (nSPS) is 10.0. The van der Waals surface area contributed by atoms with Gasteiger partial charge in [0.2, 0.25) is 0 Å². The number of methoxy groups -OCH3 is 1. The summed E-state index contributed by atoms with van der Waals surface area (Å²) in [5.41, 5.74) is 1.69. The summed E-state index contributed by atoms with van der Waals surface area (Å²) in [6.45, 7) is 1.92. The maximum atomic E-state index is 11.9. The van der Waals surface area contributed by atoms with Crippen molar-refractivity contribution in [1.29, 1.82) is 0 Å². The van der Waals surface area contributed by atoms with Crippen LogP contribution in [0, 0.1) is 6.92 Å². The van der Waals surface area contributed by atoms with Gasteiger partial charge in [0.1, 0.15) is 11.5 Å². The fraction of sp³-hybridized carbons (Fsp3) is 0.188. The number of rotatable bonds is 5. The molecule has 0 radical (unpaired) electrons. The van der Waals surface area contributed by atoms with Crippen LogP contribution < -0.4 is 14.8 Å². The molecule has 4 nitrogen and oxygen atoms in total. The van der Waals surface area contributed by atoms with E-state index in [2.05, 4.69) is 21.2 Å². The van der Waals surface area contributed by atoms with Gasteiger partial charge in [-0.2, -0.15) is 0 Å². The molecule has 0 bridgehead atoms. The Morgan fingerprint density at radius 1 is 1.24 bits per heavy atom. The maximum absolute atomic E-state index is 11.9. The molecule has 2 aromatic carbocycles. The van der Waals surface area contributed by atoms with Gasteiger partial charge in [-0.05, 0) is 42.8 Å². The minimum Gasteiger partial charge on any atom is -0.495 e. The van der Waals surface area contributed by atoms with E-state index >= 15 is 0 Å². The minimum atomic E-state index is -0.243. The molecule has 1 N–H and O–H groups in total. The lowest BCUT2D eigenvalue weighted by Gasteiger charge is -2.11. The Bertz CT molecular complexity index is 643. The highest BCUT2D eigenvalue weighted by molar-refractivity contribution is 9.10. The standard InChI is InChI=1S/C16H16BrNO3/c1-11-4-3-5-13(8-11)21-10-16(19)18-14-9-12(17)6-7-15(14)20-2/h3-9H,10H2,1-2H3,(H,18,19). The number of aryl methyl sites for hydroxylation is 1. The van der Waals surface area contributed by atoms with Crippen LogP contribution in [0.1, 0.15) is 5.56 Å². The zero-order valence-corrected chi connectivity index (χ0v) is 13.4. The summed E-state index contributed by atoms with van der Waals surface area (Å²) >= 11 is 3.36. The van der Waals surface area contributed by atoms with Crippen molar-refractivity contribution in [3.8, 4) is 11.5 Å². The van der Waals surface area contributed by atoms with E-state index in [0.717, 1.165) is 10.0 Å². The first-order valence-electron chi connectivity index (χ1n) is 6.41. The van der Waals surface area contributed by atoms with Gasteiger partial charge in [0.25, 0.3) is 5.91 Å². The van der Waals surface area contributed by atoms with Gasteiger partial charge in [-0.25, -0.2) is 0 Å². The Kier molecular flexibility index (Phi) is 5.22. The summed E-state index contributed by atoms with van der Waals surface area (Å²) in [5, 5.41) is 2.77. The number of benzene rings is 2. The van der Waals surface area contributed by atoms with Crippen molar-refractivity contribution < 1.29 is 14.3 Å². The van der Waals surface area contributed by atoms with Crippen molar-refractivity contribution >= 4 is 27.5 Å². The molecule has 0 fully saturated rings. The molecule has 110 valence electrons. The summed E-state index contributed by atoms with van der Waals surface area (Å²) in [6.07, 6.45) is 0. The SMILES string of the molecule is COc1ccc(Br)cc1NC(=O)COc1cccc(C)c1. The van der Waals surface area contributed by atoms with Crippen LogP contribution in [0.5, 0.6) is 11.5 Å². The molecule has 1 amide bonds. The van der Waals surface area contributed by atoms with Crippen LogP contribution in [-0.2, 0) is 4.79 Å². The average molecular weight is 350 g/mol. The van der Waals surface area contributed by atoms with Crippen molar-refractivity contribution in [2.24, 2.45) is 0 Å². The highest BCUT2D eigenvalue weighted by Crippen LogP contribution is 2.27. The summed E-state index contributed by atoms with van der Waals surface area (Å²) in [4.78, 5) is 11.9. The summed E-state index contributed by atoms with van der Waals surface area (Å²) in [5.74, 6) is 1.03. The monoisotopic (exact) mass is 349 g/mol. The lowest BCUT2D eigenvalue weighted by atomic mass is 10.2. The van der Waals surface area contributed by atoms with Gasteiger partial charge in [0.15, 0.2) is 6.61 Å². The molecule has 0 aliphatic carbocycles. The number of hydrogen-bond donors (Lipinski definition) is 1. The molecule has 0 spiro atoms. The number of halogens is 1. The Morgan fingerprint density at radius 3 is 2.76 bits per heavy atom. The van der Waals surface area contributed by atoms with Crippen LogP contribution in [0.4, 0.5) is 5.69 Å². The highest BCUT2D eigenvalue weighted by atomic mass is 79.9.